The first-order chi connectivity index (χ1) is 8.74. The molecule has 2 aliphatic heterocycles. The zero-order chi connectivity index (χ0) is 12.5. The van der Waals surface area contributed by atoms with Gasteiger partial charge in [0.2, 0.25) is 0 Å². The number of carbonyl (C=O) groups is 1. The highest BCUT2D eigenvalue weighted by molar-refractivity contribution is 5.85. The average molecular weight is 251 g/mol. The molecular formula is C15H25NO2. The van der Waals surface area contributed by atoms with Crippen LogP contribution < -0.4 is 0 Å². The summed E-state index contributed by atoms with van der Waals surface area (Å²) in [5, 5.41) is 0. The smallest absolute Gasteiger partial charge is 0.165 e. The number of rotatable bonds is 2. The fourth-order valence-corrected chi connectivity index (χ4v) is 3.80. The Morgan fingerprint density at radius 2 is 1.94 bits per heavy atom. The van der Waals surface area contributed by atoms with Crippen molar-refractivity contribution >= 4 is 5.78 Å². The van der Waals surface area contributed by atoms with Gasteiger partial charge in [-0.15, -0.1) is 0 Å². The molecule has 0 spiro atoms. The first-order valence-corrected chi connectivity index (χ1v) is 7.63. The molecule has 3 nitrogen and oxygen atoms in total. The monoisotopic (exact) mass is 251 g/mol. The van der Waals surface area contributed by atoms with Gasteiger partial charge in [0.1, 0.15) is 6.10 Å². The van der Waals surface area contributed by atoms with Gasteiger partial charge < -0.3 is 4.74 Å². The fourth-order valence-electron chi connectivity index (χ4n) is 3.80. The minimum atomic E-state index is -0.127. The van der Waals surface area contributed by atoms with E-state index in [4.69, 9.17) is 4.74 Å². The van der Waals surface area contributed by atoms with Gasteiger partial charge >= 0.3 is 0 Å². The summed E-state index contributed by atoms with van der Waals surface area (Å²) in [5.74, 6) is 1.49. The van der Waals surface area contributed by atoms with E-state index in [0.29, 0.717) is 11.8 Å². The van der Waals surface area contributed by atoms with Crippen LogP contribution in [0.2, 0.25) is 0 Å². The maximum Gasteiger partial charge on any atom is 0.165 e. The van der Waals surface area contributed by atoms with E-state index in [9.17, 15) is 4.79 Å². The number of nitrogens with zero attached hydrogens (tertiary/aromatic N) is 1. The van der Waals surface area contributed by atoms with Crippen molar-refractivity contribution in [3.05, 3.63) is 0 Å². The lowest BCUT2D eigenvalue weighted by Crippen LogP contribution is -2.50. The van der Waals surface area contributed by atoms with E-state index in [0.717, 1.165) is 31.9 Å². The summed E-state index contributed by atoms with van der Waals surface area (Å²) in [4.78, 5) is 15.0. The molecule has 0 bridgehead atoms. The van der Waals surface area contributed by atoms with Crippen LogP contribution in [0.3, 0.4) is 0 Å². The fraction of sp³-hybridized carbons (Fsp3) is 0.933. The SMILES string of the molecule is CC1CCC(C(=O)C2CN3CCCC3CO2)CC1. The summed E-state index contributed by atoms with van der Waals surface area (Å²) in [7, 11) is 0. The van der Waals surface area contributed by atoms with Crippen LogP contribution in [0.25, 0.3) is 0 Å². The van der Waals surface area contributed by atoms with Gasteiger partial charge in [0.15, 0.2) is 5.78 Å². The second-order valence-electron chi connectivity index (χ2n) is 6.47. The number of morpholine rings is 1. The summed E-state index contributed by atoms with van der Waals surface area (Å²) in [6, 6.07) is 0.598. The third kappa shape index (κ3) is 2.48. The van der Waals surface area contributed by atoms with E-state index in [1.165, 1.54) is 32.2 Å². The number of carbonyl (C=O) groups excluding carboxylic acids is 1. The molecule has 0 radical (unpaired) electrons. The molecule has 0 aromatic rings. The van der Waals surface area contributed by atoms with Gasteiger partial charge in [0.05, 0.1) is 6.61 Å². The van der Waals surface area contributed by atoms with Crippen molar-refractivity contribution in [2.45, 2.75) is 57.6 Å². The largest absolute Gasteiger partial charge is 0.367 e. The molecule has 3 heteroatoms. The van der Waals surface area contributed by atoms with Crippen LogP contribution in [0.5, 0.6) is 0 Å². The Hall–Kier alpha value is -0.410. The maximum absolute atomic E-state index is 12.5. The van der Waals surface area contributed by atoms with Crippen LogP contribution in [-0.4, -0.2) is 42.5 Å². The standard InChI is InChI=1S/C15H25NO2/c1-11-4-6-12(7-5-11)15(17)14-9-16-8-2-3-13(16)10-18-14/h11-14H,2-10H2,1H3. The zero-order valence-corrected chi connectivity index (χ0v) is 11.4. The lowest BCUT2D eigenvalue weighted by Gasteiger charge is -2.36. The Bertz CT molecular complexity index is 310. The van der Waals surface area contributed by atoms with Crippen LogP contribution in [-0.2, 0) is 9.53 Å². The summed E-state index contributed by atoms with van der Waals surface area (Å²) < 4.78 is 5.84. The predicted octanol–water partition coefficient (Wildman–Crippen LogP) is 2.25. The summed E-state index contributed by atoms with van der Waals surface area (Å²) >= 11 is 0. The van der Waals surface area contributed by atoms with Crippen LogP contribution in [0, 0.1) is 11.8 Å². The average Bonchev–Trinajstić information content (AvgIpc) is 2.86. The van der Waals surface area contributed by atoms with Gasteiger partial charge in [0, 0.05) is 18.5 Å². The van der Waals surface area contributed by atoms with Gasteiger partial charge in [-0.1, -0.05) is 19.8 Å². The maximum atomic E-state index is 12.5. The molecule has 0 aromatic carbocycles. The topological polar surface area (TPSA) is 29.5 Å². The number of hydrogen-bond acceptors (Lipinski definition) is 3. The van der Waals surface area contributed by atoms with Gasteiger partial charge in [0.25, 0.3) is 0 Å². The molecular weight excluding hydrogens is 226 g/mol. The Labute approximate surface area is 110 Å². The minimum absolute atomic E-state index is 0.127. The van der Waals surface area contributed by atoms with Crippen molar-refractivity contribution in [1.82, 2.24) is 4.90 Å². The number of Topliss-reactive ketones (excluding diaryl/α,β-unsaturated/α-hetero) is 1. The molecule has 0 aromatic heterocycles. The van der Waals surface area contributed by atoms with Crippen molar-refractivity contribution < 1.29 is 9.53 Å². The normalized spacial score (nSPS) is 41.6. The van der Waals surface area contributed by atoms with Gasteiger partial charge in [-0.05, 0) is 38.1 Å². The highest BCUT2D eigenvalue weighted by Crippen LogP contribution is 2.31. The molecule has 1 aliphatic carbocycles. The second-order valence-corrected chi connectivity index (χ2v) is 6.47. The molecule has 0 amide bonds. The van der Waals surface area contributed by atoms with E-state index in [1.807, 2.05) is 0 Å². The van der Waals surface area contributed by atoms with Crippen LogP contribution in [0.15, 0.2) is 0 Å². The van der Waals surface area contributed by atoms with E-state index in [1.54, 1.807) is 0 Å². The van der Waals surface area contributed by atoms with Crippen molar-refractivity contribution in [1.29, 1.82) is 0 Å². The van der Waals surface area contributed by atoms with E-state index in [2.05, 4.69) is 11.8 Å². The van der Waals surface area contributed by atoms with Crippen LogP contribution >= 0.6 is 0 Å². The second kappa shape index (κ2) is 5.30. The predicted molar refractivity (Wildman–Crippen MR) is 70.5 cm³/mol. The lowest BCUT2D eigenvalue weighted by molar-refractivity contribution is -0.143. The third-order valence-electron chi connectivity index (χ3n) is 5.12. The molecule has 3 aliphatic rings. The van der Waals surface area contributed by atoms with Crippen molar-refractivity contribution in [2.75, 3.05) is 19.7 Å². The molecule has 3 rings (SSSR count). The number of fused-ring (bicyclic) bond motifs is 1. The summed E-state index contributed by atoms with van der Waals surface area (Å²) in [6.07, 6.45) is 7.01. The van der Waals surface area contributed by atoms with Crippen LogP contribution in [0.1, 0.15) is 45.4 Å². The highest BCUT2D eigenvalue weighted by atomic mass is 16.5. The van der Waals surface area contributed by atoms with E-state index in [-0.39, 0.29) is 12.0 Å². The summed E-state index contributed by atoms with van der Waals surface area (Å²) in [6.45, 7) is 5.10. The first-order valence-electron chi connectivity index (χ1n) is 7.63. The highest BCUT2D eigenvalue weighted by Gasteiger charge is 2.38. The Kier molecular flexibility index (Phi) is 3.71. The Balaban J connectivity index is 1.56. The molecule has 2 heterocycles. The lowest BCUT2D eigenvalue weighted by atomic mass is 9.79. The van der Waals surface area contributed by atoms with E-state index >= 15 is 0 Å². The Morgan fingerprint density at radius 1 is 1.17 bits per heavy atom. The number of ether oxygens (including phenoxy) is 1. The quantitative estimate of drug-likeness (QED) is 0.754. The number of hydrogen-bond donors (Lipinski definition) is 0. The van der Waals surface area contributed by atoms with Crippen LogP contribution in [0.4, 0.5) is 0 Å². The molecule has 2 atom stereocenters. The van der Waals surface area contributed by atoms with Crippen molar-refractivity contribution in [3.8, 4) is 0 Å². The molecule has 2 saturated heterocycles. The minimum Gasteiger partial charge on any atom is -0.367 e. The molecule has 18 heavy (non-hydrogen) atoms. The first kappa shape index (κ1) is 12.6. The molecule has 2 unspecified atom stereocenters. The zero-order valence-electron chi connectivity index (χ0n) is 11.4. The van der Waals surface area contributed by atoms with Gasteiger partial charge in [-0.3, -0.25) is 9.69 Å². The Morgan fingerprint density at radius 3 is 2.72 bits per heavy atom. The van der Waals surface area contributed by atoms with E-state index < -0.39 is 0 Å². The third-order valence-corrected chi connectivity index (χ3v) is 5.12. The molecule has 102 valence electrons. The van der Waals surface area contributed by atoms with Crippen molar-refractivity contribution in [2.24, 2.45) is 11.8 Å². The molecule has 0 N–H and O–H groups in total. The van der Waals surface area contributed by atoms with Gasteiger partial charge in [-0.25, -0.2) is 0 Å². The summed E-state index contributed by atoms with van der Waals surface area (Å²) in [5.41, 5.74) is 0. The van der Waals surface area contributed by atoms with Gasteiger partial charge in [-0.2, -0.15) is 0 Å². The molecule has 1 saturated carbocycles. The number of ketones is 1. The van der Waals surface area contributed by atoms with Crippen molar-refractivity contribution in [3.63, 3.8) is 0 Å². The molecule has 3 fully saturated rings.